The summed E-state index contributed by atoms with van der Waals surface area (Å²) >= 11 is 0. The maximum atomic E-state index is 3.99. The molecule has 5 saturated carbocycles. The Morgan fingerprint density at radius 2 is 1.48 bits per heavy atom. The molecule has 5 fully saturated rings. The summed E-state index contributed by atoms with van der Waals surface area (Å²) in [6.07, 6.45) is 18.3. The lowest BCUT2D eigenvalue weighted by molar-refractivity contribution is -0.0704. The van der Waals surface area contributed by atoms with Gasteiger partial charge in [-0.1, -0.05) is 32.1 Å². The number of hydrogen-bond acceptors (Lipinski definition) is 1. The van der Waals surface area contributed by atoms with Gasteiger partial charge in [0.05, 0.1) is 0 Å². The second-order valence-electron chi connectivity index (χ2n) is 9.25. The van der Waals surface area contributed by atoms with E-state index in [1.54, 1.807) is 38.5 Å². The lowest BCUT2D eigenvalue weighted by Gasteiger charge is -2.59. The molecule has 0 aromatic heterocycles. The van der Waals surface area contributed by atoms with Crippen LogP contribution in [0.3, 0.4) is 0 Å². The van der Waals surface area contributed by atoms with E-state index in [1.165, 1.54) is 45.1 Å². The lowest BCUT2D eigenvalue weighted by Crippen LogP contribution is -2.55. The third kappa shape index (κ3) is 2.92. The first-order chi connectivity index (χ1) is 10.2. The van der Waals surface area contributed by atoms with Crippen LogP contribution in [0.2, 0.25) is 0 Å². The van der Waals surface area contributed by atoms with E-state index >= 15 is 0 Å². The summed E-state index contributed by atoms with van der Waals surface area (Å²) in [4.78, 5) is 0. The normalized spacial score (nSPS) is 44.1. The molecule has 5 aliphatic rings. The topological polar surface area (TPSA) is 12.0 Å². The molecule has 1 atom stereocenters. The monoisotopic (exact) mass is 289 g/mol. The highest BCUT2D eigenvalue weighted by Crippen LogP contribution is 2.61. The second kappa shape index (κ2) is 5.87. The minimum absolute atomic E-state index is 0.696. The molecule has 0 aromatic carbocycles. The summed E-state index contributed by atoms with van der Waals surface area (Å²) in [6.45, 7) is 3.81. The van der Waals surface area contributed by atoms with Crippen molar-refractivity contribution in [2.45, 2.75) is 90.0 Å². The highest BCUT2D eigenvalue weighted by atomic mass is 14.9. The van der Waals surface area contributed by atoms with Gasteiger partial charge in [0.25, 0.3) is 0 Å². The maximum absolute atomic E-state index is 3.99. The fourth-order valence-electron chi connectivity index (χ4n) is 6.90. The van der Waals surface area contributed by atoms with Gasteiger partial charge in [0.1, 0.15) is 0 Å². The van der Waals surface area contributed by atoms with Crippen LogP contribution in [0.25, 0.3) is 0 Å². The van der Waals surface area contributed by atoms with Crippen LogP contribution >= 0.6 is 0 Å². The van der Waals surface area contributed by atoms with Crippen molar-refractivity contribution >= 4 is 0 Å². The van der Waals surface area contributed by atoms with Gasteiger partial charge in [0.2, 0.25) is 0 Å². The van der Waals surface area contributed by atoms with E-state index in [4.69, 9.17) is 0 Å². The van der Waals surface area contributed by atoms with Gasteiger partial charge in [0, 0.05) is 6.04 Å². The van der Waals surface area contributed by atoms with Crippen LogP contribution < -0.4 is 5.32 Å². The van der Waals surface area contributed by atoms with Crippen molar-refractivity contribution in [3.8, 4) is 0 Å². The molecule has 0 aromatic rings. The smallest absolute Gasteiger partial charge is 0.00954 e. The third-order valence-electron chi connectivity index (χ3n) is 7.73. The van der Waals surface area contributed by atoms with Gasteiger partial charge in [0.15, 0.2) is 0 Å². The molecule has 120 valence electrons. The molecule has 5 aliphatic carbocycles. The SMILES string of the molecule is CC(NCCC1CCCCC1)C12CC3CC(CC(C3)C1)C2. The Bertz CT molecular complexity index is 320. The average molecular weight is 290 g/mol. The Morgan fingerprint density at radius 1 is 0.905 bits per heavy atom. The molecule has 0 amide bonds. The van der Waals surface area contributed by atoms with E-state index < -0.39 is 0 Å². The summed E-state index contributed by atoms with van der Waals surface area (Å²) in [6, 6.07) is 0.773. The highest BCUT2D eigenvalue weighted by molar-refractivity contribution is 5.05. The summed E-state index contributed by atoms with van der Waals surface area (Å²) in [5, 5.41) is 3.99. The first kappa shape index (κ1) is 14.5. The molecule has 21 heavy (non-hydrogen) atoms. The first-order valence-electron chi connectivity index (χ1n) is 9.97. The second-order valence-corrected chi connectivity index (χ2v) is 9.25. The van der Waals surface area contributed by atoms with E-state index in [9.17, 15) is 0 Å². The van der Waals surface area contributed by atoms with Gasteiger partial charge in [-0.05, 0) is 87.5 Å². The van der Waals surface area contributed by atoms with Crippen molar-refractivity contribution in [2.75, 3.05) is 6.54 Å². The maximum Gasteiger partial charge on any atom is 0.00954 e. The predicted octanol–water partition coefficient (Wildman–Crippen LogP) is 5.15. The molecule has 1 heteroatoms. The molecular weight excluding hydrogens is 254 g/mol. The summed E-state index contributed by atoms with van der Waals surface area (Å²) < 4.78 is 0. The van der Waals surface area contributed by atoms with Crippen LogP contribution in [0, 0.1) is 29.1 Å². The quantitative estimate of drug-likeness (QED) is 0.738. The van der Waals surface area contributed by atoms with Crippen molar-refractivity contribution in [2.24, 2.45) is 29.1 Å². The third-order valence-corrected chi connectivity index (χ3v) is 7.73. The Hall–Kier alpha value is -0.0400. The minimum atomic E-state index is 0.696. The Morgan fingerprint density at radius 3 is 2.05 bits per heavy atom. The summed E-state index contributed by atoms with van der Waals surface area (Å²) in [5.41, 5.74) is 0.696. The van der Waals surface area contributed by atoms with Crippen LogP contribution in [0.5, 0.6) is 0 Å². The van der Waals surface area contributed by atoms with Crippen molar-refractivity contribution in [1.82, 2.24) is 5.32 Å². The van der Waals surface area contributed by atoms with Gasteiger partial charge in [-0.2, -0.15) is 0 Å². The van der Waals surface area contributed by atoms with Crippen molar-refractivity contribution in [3.05, 3.63) is 0 Å². The predicted molar refractivity (Wildman–Crippen MR) is 89.3 cm³/mol. The van der Waals surface area contributed by atoms with Gasteiger partial charge >= 0.3 is 0 Å². The summed E-state index contributed by atoms with van der Waals surface area (Å²) in [5.74, 6) is 4.33. The zero-order valence-corrected chi connectivity index (χ0v) is 14.1. The Kier molecular flexibility index (Phi) is 4.07. The molecule has 0 heterocycles. The van der Waals surface area contributed by atoms with Crippen LogP contribution in [0.15, 0.2) is 0 Å². The summed E-state index contributed by atoms with van der Waals surface area (Å²) in [7, 11) is 0. The number of nitrogens with one attached hydrogen (secondary N) is 1. The Labute approximate surface area is 131 Å². The van der Waals surface area contributed by atoms with E-state index in [0.717, 1.165) is 29.7 Å². The number of hydrogen-bond donors (Lipinski definition) is 1. The largest absolute Gasteiger partial charge is 0.314 e. The Balaban J connectivity index is 1.29. The molecule has 0 spiro atoms. The van der Waals surface area contributed by atoms with E-state index in [1.807, 2.05) is 0 Å². The fraction of sp³-hybridized carbons (Fsp3) is 1.00. The molecular formula is C20H35N. The van der Waals surface area contributed by atoms with Crippen LogP contribution in [-0.2, 0) is 0 Å². The van der Waals surface area contributed by atoms with Gasteiger partial charge < -0.3 is 5.32 Å². The van der Waals surface area contributed by atoms with E-state index in [0.29, 0.717) is 5.41 Å². The molecule has 0 aliphatic heterocycles. The van der Waals surface area contributed by atoms with Crippen molar-refractivity contribution in [3.63, 3.8) is 0 Å². The molecule has 4 bridgehead atoms. The van der Waals surface area contributed by atoms with Gasteiger partial charge in [-0.3, -0.25) is 0 Å². The number of rotatable bonds is 5. The molecule has 1 N–H and O–H groups in total. The molecule has 1 nitrogen and oxygen atoms in total. The minimum Gasteiger partial charge on any atom is -0.314 e. The highest BCUT2D eigenvalue weighted by Gasteiger charge is 2.52. The molecule has 0 saturated heterocycles. The van der Waals surface area contributed by atoms with Gasteiger partial charge in [-0.15, -0.1) is 0 Å². The zero-order valence-electron chi connectivity index (χ0n) is 14.1. The molecule has 1 unspecified atom stereocenters. The van der Waals surface area contributed by atoms with Crippen molar-refractivity contribution < 1.29 is 0 Å². The molecule has 0 radical (unpaired) electrons. The zero-order chi connectivity index (χ0) is 14.3. The molecule has 5 rings (SSSR count). The fourth-order valence-corrected chi connectivity index (χ4v) is 6.90. The van der Waals surface area contributed by atoms with Crippen LogP contribution in [-0.4, -0.2) is 12.6 Å². The van der Waals surface area contributed by atoms with Crippen LogP contribution in [0.1, 0.15) is 84.0 Å². The van der Waals surface area contributed by atoms with E-state index in [-0.39, 0.29) is 0 Å². The van der Waals surface area contributed by atoms with E-state index in [2.05, 4.69) is 12.2 Å². The lowest BCUT2D eigenvalue weighted by atomic mass is 9.48. The standard InChI is InChI=1S/C20H35N/c1-15(21-8-7-16-5-3-2-4-6-16)20-12-17-9-18(13-20)11-19(10-17)14-20/h15-19,21H,2-14H2,1H3. The van der Waals surface area contributed by atoms with Crippen LogP contribution in [0.4, 0.5) is 0 Å². The first-order valence-corrected chi connectivity index (χ1v) is 9.97. The van der Waals surface area contributed by atoms with Crippen molar-refractivity contribution in [1.29, 1.82) is 0 Å². The van der Waals surface area contributed by atoms with Gasteiger partial charge in [-0.25, -0.2) is 0 Å². The average Bonchev–Trinajstić information content (AvgIpc) is 2.47.